The lowest BCUT2D eigenvalue weighted by Crippen LogP contribution is -2.65. The summed E-state index contributed by atoms with van der Waals surface area (Å²) in [6, 6.07) is -0.800. The van der Waals surface area contributed by atoms with Gasteiger partial charge in [-0.05, 0) is 6.42 Å². The van der Waals surface area contributed by atoms with Gasteiger partial charge in [0.05, 0.1) is 24.9 Å². The molecule has 0 bridgehead atoms. The minimum atomic E-state index is -1.18. The number of nitrogens with one attached hydrogen (secondary N) is 1. The maximum absolute atomic E-state index is 9.69. The van der Waals surface area contributed by atoms with Gasteiger partial charge in [0.15, 0.2) is 0 Å². The summed E-state index contributed by atoms with van der Waals surface area (Å²) in [4.78, 5) is 0. The van der Waals surface area contributed by atoms with Gasteiger partial charge in [0.2, 0.25) is 0 Å². The Labute approximate surface area is 89.7 Å². The van der Waals surface area contributed by atoms with Gasteiger partial charge in [-0.15, -0.1) is 0 Å². The lowest BCUT2D eigenvalue weighted by atomic mass is 9.88. The van der Waals surface area contributed by atoms with Crippen molar-refractivity contribution in [2.75, 3.05) is 6.61 Å². The van der Waals surface area contributed by atoms with E-state index in [0.29, 0.717) is 0 Å². The molecule has 0 amide bonds. The van der Waals surface area contributed by atoms with Crippen LogP contribution in [0, 0.1) is 0 Å². The van der Waals surface area contributed by atoms with Gasteiger partial charge in [-0.3, -0.25) is 0 Å². The highest BCUT2D eigenvalue weighted by atomic mass is 16.4. The molecule has 0 unspecified atom stereocenters. The van der Waals surface area contributed by atoms with E-state index in [4.69, 9.17) is 5.11 Å². The van der Waals surface area contributed by atoms with Crippen molar-refractivity contribution in [3.8, 4) is 0 Å². The smallest absolute Gasteiger partial charge is 0.109 e. The number of rotatable bonds is 4. The van der Waals surface area contributed by atoms with Crippen molar-refractivity contribution < 1.29 is 20.4 Å². The summed E-state index contributed by atoms with van der Waals surface area (Å²) in [6.07, 6.45) is -0.566. The van der Waals surface area contributed by atoms with Crippen LogP contribution in [0.2, 0.25) is 0 Å². The Morgan fingerprint density at radius 2 is 1.60 bits per heavy atom. The van der Waals surface area contributed by atoms with Crippen LogP contribution in [0.3, 0.4) is 0 Å². The fourth-order valence-corrected chi connectivity index (χ4v) is 1.99. The van der Waals surface area contributed by atoms with E-state index in [0.717, 1.165) is 19.3 Å². The molecule has 0 aromatic heterocycles. The molecular weight excluding hydrogens is 198 g/mol. The summed E-state index contributed by atoms with van der Waals surface area (Å²) in [7, 11) is 0. The zero-order chi connectivity index (χ0) is 11.4. The van der Waals surface area contributed by atoms with Crippen molar-refractivity contribution >= 4 is 0 Å². The molecule has 0 aromatic rings. The molecule has 90 valence electrons. The summed E-state index contributed by atoms with van der Waals surface area (Å²) in [5, 5.41) is 40.7. The van der Waals surface area contributed by atoms with Crippen molar-refractivity contribution in [2.45, 2.75) is 56.6 Å². The average Bonchev–Trinajstić information content (AvgIpc) is 2.25. The second kappa shape index (κ2) is 5.77. The van der Waals surface area contributed by atoms with Crippen LogP contribution in [0.25, 0.3) is 0 Å². The molecule has 1 rings (SSSR count). The third-order valence-electron chi connectivity index (χ3n) is 3.02. The maximum atomic E-state index is 9.69. The molecule has 5 atom stereocenters. The number of hydrogen-bond acceptors (Lipinski definition) is 5. The fourth-order valence-electron chi connectivity index (χ4n) is 1.99. The molecule has 1 fully saturated rings. The normalized spacial score (nSPS) is 41.8. The van der Waals surface area contributed by atoms with Crippen LogP contribution in [0.1, 0.15) is 26.2 Å². The highest BCUT2D eigenvalue weighted by molar-refractivity contribution is 4.97. The topological polar surface area (TPSA) is 93.0 Å². The highest BCUT2D eigenvalue weighted by Gasteiger charge is 2.41. The SMILES string of the molecule is CCCC[C@H]1N[C@H](CO)[C@H](O)[C@@H](O)[C@@H]1O. The van der Waals surface area contributed by atoms with E-state index in [1.54, 1.807) is 0 Å². The van der Waals surface area contributed by atoms with Gasteiger partial charge in [-0.1, -0.05) is 19.8 Å². The minimum Gasteiger partial charge on any atom is -0.395 e. The zero-order valence-corrected chi connectivity index (χ0v) is 9.00. The first-order chi connectivity index (χ1) is 7.11. The van der Waals surface area contributed by atoms with Gasteiger partial charge >= 0.3 is 0 Å². The molecule has 5 N–H and O–H groups in total. The van der Waals surface area contributed by atoms with Crippen molar-refractivity contribution in [1.82, 2.24) is 5.32 Å². The molecule has 0 radical (unpaired) electrons. The molecule has 1 saturated heterocycles. The molecule has 5 nitrogen and oxygen atoms in total. The summed E-state index contributed by atoms with van der Waals surface area (Å²) >= 11 is 0. The van der Waals surface area contributed by atoms with E-state index in [1.807, 2.05) is 6.92 Å². The van der Waals surface area contributed by atoms with Crippen LogP contribution in [-0.4, -0.2) is 57.4 Å². The Kier molecular flexibility index (Phi) is 4.95. The number of aliphatic hydroxyl groups is 4. The van der Waals surface area contributed by atoms with E-state index >= 15 is 0 Å². The summed E-state index contributed by atoms with van der Waals surface area (Å²) in [6.45, 7) is 1.80. The Hall–Kier alpha value is -0.200. The quantitative estimate of drug-likeness (QED) is 0.401. The minimum absolute atomic E-state index is 0.242. The van der Waals surface area contributed by atoms with E-state index in [9.17, 15) is 15.3 Å². The summed E-state index contributed by atoms with van der Waals surface area (Å²) in [5.74, 6) is 0. The molecule has 0 aliphatic carbocycles. The first kappa shape index (κ1) is 12.9. The van der Waals surface area contributed by atoms with Gasteiger partial charge in [-0.2, -0.15) is 0 Å². The van der Waals surface area contributed by atoms with Crippen molar-refractivity contribution in [1.29, 1.82) is 0 Å². The Bertz CT molecular complexity index is 188. The fraction of sp³-hybridized carbons (Fsp3) is 1.00. The zero-order valence-electron chi connectivity index (χ0n) is 9.00. The number of unbranched alkanes of at least 4 members (excludes halogenated alkanes) is 1. The molecule has 1 aliphatic heterocycles. The van der Waals surface area contributed by atoms with Crippen LogP contribution in [-0.2, 0) is 0 Å². The van der Waals surface area contributed by atoms with Crippen molar-refractivity contribution in [3.05, 3.63) is 0 Å². The first-order valence-electron chi connectivity index (χ1n) is 5.53. The molecule has 15 heavy (non-hydrogen) atoms. The lowest BCUT2D eigenvalue weighted by molar-refractivity contribution is -0.120. The second-order valence-electron chi connectivity index (χ2n) is 4.18. The largest absolute Gasteiger partial charge is 0.395 e. The molecular formula is C10H21NO4. The average molecular weight is 219 g/mol. The van der Waals surface area contributed by atoms with Gasteiger partial charge in [0.1, 0.15) is 6.10 Å². The maximum Gasteiger partial charge on any atom is 0.109 e. The van der Waals surface area contributed by atoms with Crippen molar-refractivity contribution in [2.24, 2.45) is 0 Å². The van der Waals surface area contributed by atoms with E-state index in [2.05, 4.69) is 5.32 Å². The van der Waals surface area contributed by atoms with Gasteiger partial charge in [-0.25, -0.2) is 0 Å². The standard InChI is InChI=1S/C10H21NO4/c1-2-3-4-6-8(13)10(15)9(14)7(5-12)11-6/h6-15H,2-5H2,1H3/t6-,7-,8-,9+,10+/m1/s1. The molecule has 1 heterocycles. The first-order valence-corrected chi connectivity index (χ1v) is 5.53. The lowest BCUT2D eigenvalue weighted by Gasteiger charge is -2.41. The van der Waals surface area contributed by atoms with E-state index in [-0.39, 0.29) is 12.6 Å². The van der Waals surface area contributed by atoms with Crippen LogP contribution in [0.4, 0.5) is 0 Å². The summed E-state index contributed by atoms with van der Waals surface area (Å²) in [5.41, 5.74) is 0. The number of piperidine rings is 1. The van der Waals surface area contributed by atoms with Gasteiger partial charge in [0, 0.05) is 6.04 Å². The van der Waals surface area contributed by atoms with Crippen molar-refractivity contribution in [3.63, 3.8) is 0 Å². The molecule has 0 saturated carbocycles. The Morgan fingerprint density at radius 1 is 1.00 bits per heavy atom. The molecule has 0 spiro atoms. The van der Waals surface area contributed by atoms with Crippen LogP contribution >= 0.6 is 0 Å². The third-order valence-corrected chi connectivity index (χ3v) is 3.02. The predicted molar refractivity (Wildman–Crippen MR) is 55.3 cm³/mol. The van der Waals surface area contributed by atoms with Gasteiger partial charge in [0.25, 0.3) is 0 Å². The monoisotopic (exact) mass is 219 g/mol. The highest BCUT2D eigenvalue weighted by Crippen LogP contribution is 2.18. The van der Waals surface area contributed by atoms with Crippen LogP contribution < -0.4 is 5.32 Å². The van der Waals surface area contributed by atoms with E-state index < -0.39 is 24.4 Å². The van der Waals surface area contributed by atoms with E-state index in [1.165, 1.54) is 0 Å². The predicted octanol–water partition coefficient (Wildman–Crippen LogP) is -1.41. The summed E-state index contributed by atoms with van der Waals surface area (Å²) < 4.78 is 0. The molecule has 0 aromatic carbocycles. The second-order valence-corrected chi connectivity index (χ2v) is 4.18. The van der Waals surface area contributed by atoms with Crippen LogP contribution in [0.5, 0.6) is 0 Å². The Morgan fingerprint density at radius 3 is 2.13 bits per heavy atom. The van der Waals surface area contributed by atoms with Gasteiger partial charge < -0.3 is 25.7 Å². The third kappa shape index (κ3) is 2.89. The Balaban J connectivity index is 2.57. The molecule has 5 heteroatoms. The van der Waals surface area contributed by atoms with Crippen LogP contribution in [0.15, 0.2) is 0 Å². The number of hydrogen-bond donors (Lipinski definition) is 5. The molecule has 1 aliphatic rings. The number of aliphatic hydroxyl groups excluding tert-OH is 4.